The van der Waals surface area contributed by atoms with Crippen LogP contribution in [0.2, 0.25) is 0 Å². The Labute approximate surface area is 195 Å². The van der Waals surface area contributed by atoms with Gasteiger partial charge >= 0.3 is 22.3 Å². The third-order valence-corrected chi connectivity index (χ3v) is 5.94. The number of carbonyl (C=O) groups excluding carboxylic acids is 4. The van der Waals surface area contributed by atoms with Crippen molar-refractivity contribution in [1.29, 1.82) is 0 Å². The first-order valence-corrected chi connectivity index (χ1v) is 11.2. The fourth-order valence-electron chi connectivity index (χ4n) is 2.42. The van der Waals surface area contributed by atoms with Gasteiger partial charge in [0.2, 0.25) is 5.60 Å². The first kappa shape index (κ1) is 26.4. The van der Waals surface area contributed by atoms with Crippen LogP contribution < -0.4 is 16.8 Å². The van der Waals surface area contributed by atoms with Crippen molar-refractivity contribution in [3.05, 3.63) is 11.1 Å². The van der Waals surface area contributed by atoms with Crippen molar-refractivity contribution in [3.63, 3.8) is 0 Å². The van der Waals surface area contributed by atoms with Crippen LogP contribution in [0, 0.1) is 0 Å². The summed E-state index contributed by atoms with van der Waals surface area (Å²) in [7, 11) is -4.38. The molecule has 0 unspecified atom stereocenters. The average Bonchev–Trinajstić information content (AvgIpc) is 3.13. The maximum atomic E-state index is 12.9. The van der Waals surface area contributed by atoms with Gasteiger partial charge in [-0.2, -0.15) is 12.7 Å². The second-order valence-electron chi connectivity index (χ2n) is 7.16. The maximum absolute atomic E-state index is 12.9. The van der Waals surface area contributed by atoms with Crippen molar-refractivity contribution in [3.8, 4) is 0 Å². The number of oxime groups is 1. The Kier molecular flexibility index (Phi) is 7.14. The van der Waals surface area contributed by atoms with E-state index in [2.05, 4.69) is 10.1 Å². The third-order valence-electron chi connectivity index (χ3n) is 4.36. The zero-order chi connectivity index (χ0) is 26.2. The van der Waals surface area contributed by atoms with Crippen LogP contribution in [0.5, 0.6) is 0 Å². The van der Waals surface area contributed by atoms with E-state index >= 15 is 0 Å². The molecule has 1 aliphatic heterocycles. The topological polar surface area (TPSA) is 265 Å². The first-order valence-electron chi connectivity index (χ1n) is 8.88. The predicted octanol–water partition coefficient (Wildman–Crippen LogP) is -2.66. The molecule has 1 fully saturated rings. The minimum atomic E-state index is -5.26. The second kappa shape index (κ2) is 9.19. The summed E-state index contributed by atoms with van der Waals surface area (Å²) in [6.07, 6.45) is 0. The van der Waals surface area contributed by atoms with Gasteiger partial charge in [0, 0.05) is 12.4 Å². The molecule has 0 radical (unpaired) electrons. The van der Waals surface area contributed by atoms with E-state index in [4.69, 9.17) is 21.4 Å². The number of nitrogens with two attached hydrogens (primary N) is 2. The summed E-state index contributed by atoms with van der Waals surface area (Å²) in [5, 5.41) is 15.9. The van der Waals surface area contributed by atoms with E-state index in [1.807, 2.05) is 5.32 Å². The summed E-state index contributed by atoms with van der Waals surface area (Å²) in [5.41, 5.74) is 7.75. The van der Waals surface area contributed by atoms with E-state index < -0.39 is 63.4 Å². The number of β-lactam (4-membered cyclic amide) rings is 1. The van der Waals surface area contributed by atoms with Gasteiger partial charge < -0.3 is 26.7 Å². The average molecular weight is 521 g/mol. The molecule has 0 spiro atoms. The summed E-state index contributed by atoms with van der Waals surface area (Å²) < 4.78 is 32.1. The minimum absolute atomic E-state index is 0.0126. The number of nitrogen functional groups attached to an aromatic ring is 1. The van der Waals surface area contributed by atoms with Crippen LogP contribution in [-0.4, -0.2) is 92.4 Å². The van der Waals surface area contributed by atoms with E-state index in [1.165, 1.54) is 5.38 Å². The number of likely N-dealkylation sites (N-methyl/N-ethyl adjacent to an activating group) is 1. The molecule has 2 atom stereocenters. The Morgan fingerprint density at radius 1 is 1.35 bits per heavy atom. The highest BCUT2D eigenvalue weighted by molar-refractivity contribution is 7.84. The molecule has 19 heteroatoms. The van der Waals surface area contributed by atoms with Gasteiger partial charge in [-0.3, -0.25) is 23.8 Å². The number of amides is 5. The number of anilines is 1. The maximum Gasteiger partial charge on any atom is 0.363 e. The van der Waals surface area contributed by atoms with E-state index in [-0.39, 0.29) is 20.0 Å². The molecule has 186 valence electrons. The van der Waals surface area contributed by atoms with Crippen LogP contribution in [-0.2, 0) is 34.3 Å². The fourth-order valence-corrected chi connectivity index (χ4v) is 3.81. The largest absolute Gasteiger partial charge is 0.478 e. The lowest BCUT2D eigenvalue weighted by Gasteiger charge is -2.43. The molecule has 2 heterocycles. The molecule has 7 N–H and O–H groups in total. The van der Waals surface area contributed by atoms with E-state index in [0.717, 1.165) is 32.2 Å². The monoisotopic (exact) mass is 521 g/mol. The number of aliphatic carboxylic acids is 1. The summed E-state index contributed by atoms with van der Waals surface area (Å²) in [6.45, 7) is 2.25. The zero-order valence-corrected chi connectivity index (χ0v) is 19.3. The van der Waals surface area contributed by atoms with Crippen molar-refractivity contribution >= 4 is 62.2 Å². The van der Waals surface area contributed by atoms with Crippen LogP contribution in [0.15, 0.2) is 10.5 Å². The van der Waals surface area contributed by atoms with Crippen LogP contribution in [0.3, 0.4) is 0 Å². The Morgan fingerprint density at radius 2 is 1.94 bits per heavy atom. The number of hydrogen-bond donors (Lipinski definition) is 5. The predicted molar refractivity (Wildman–Crippen MR) is 112 cm³/mol. The van der Waals surface area contributed by atoms with E-state index in [9.17, 15) is 36.9 Å². The molecule has 34 heavy (non-hydrogen) atoms. The number of urea groups is 1. The normalized spacial score (nSPS) is 18.6. The molecule has 0 bridgehead atoms. The van der Waals surface area contributed by atoms with Crippen LogP contribution in [0.25, 0.3) is 0 Å². The Hall–Kier alpha value is -3.84. The second-order valence-corrected chi connectivity index (χ2v) is 9.34. The SMILES string of the molecule is CN(C(N)=O)C(=O)[C@H]1[C@@H](NC(=O)C(=NOC(C)(C)C(=O)O)c2csc(N)n2)C(=O)N1S(=O)(=O)O. The molecule has 17 nitrogen and oxygen atoms in total. The standard InChI is InChI=1S/C15H19N7O10S2/c1-15(2,12(26)27)32-20-6(5-4-33-13(16)18-5)9(23)19-7-8(11(25)21(3)14(17)28)22(10(7)24)34(29,30)31/h4,7-8H,1-3H3,(H2,16,18)(H2,17,28)(H,19,23)(H,26,27)(H,29,30,31)/t7-,8-/m1/s1. The Balaban J connectivity index is 2.42. The summed E-state index contributed by atoms with van der Waals surface area (Å²) in [6, 6.07) is -5.27. The molecular weight excluding hydrogens is 502 g/mol. The zero-order valence-electron chi connectivity index (χ0n) is 17.7. The highest BCUT2D eigenvalue weighted by Crippen LogP contribution is 2.26. The smallest absolute Gasteiger partial charge is 0.363 e. The van der Waals surface area contributed by atoms with Crippen molar-refractivity contribution < 1.29 is 46.9 Å². The van der Waals surface area contributed by atoms with Crippen LogP contribution in [0.4, 0.5) is 9.93 Å². The molecule has 5 amide bonds. The highest BCUT2D eigenvalue weighted by Gasteiger charge is 2.59. The van der Waals surface area contributed by atoms with Crippen molar-refractivity contribution in [2.24, 2.45) is 10.9 Å². The molecule has 1 saturated heterocycles. The number of primary amides is 1. The van der Waals surface area contributed by atoms with Crippen molar-refractivity contribution in [2.45, 2.75) is 31.5 Å². The molecule has 2 rings (SSSR count). The summed E-state index contributed by atoms with van der Waals surface area (Å²) in [5.74, 6) is -5.45. The number of nitrogens with zero attached hydrogens (tertiary/aromatic N) is 4. The molecule has 1 aromatic heterocycles. The Morgan fingerprint density at radius 3 is 2.38 bits per heavy atom. The van der Waals surface area contributed by atoms with Crippen LogP contribution >= 0.6 is 11.3 Å². The lowest BCUT2D eigenvalue weighted by Crippen LogP contribution is -2.76. The van der Waals surface area contributed by atoms with Gasteiger partial charge in [-0.25, -0.2) is 14.6 Å². The van der Waals surface area contributed by atoms with Gasteiger partial charge in [0.05, 0.1) is 0 Å². The first-order chi connectivity index (χ1) is 15.5. The number of thiazole rings is 1. The number of carboxylic acid groups (broad SMARTS) is 1. The van der Waals surface area contributed by atoms with Gasteiger partial charge in [0.15, 0.2) is 16.9 Å². The van der Waals surface area contributed by atoms with Gasteiger partial charge in [-0.05, 0) is 13.8 Å². The van der Waals surface area contributed by atoms with Gasteiger partial charge in [0.1, 0.15) is 11.7 Å². The van der Waals surface area contributed by atoms with E-state index in [0.29, 0.717) is 0 Å². The summed E-state index contributed by atoms with van der Waals surface area (Å²) in [4.78, 5) is 69.2. The van der Waals surface area contributed by atoms with Crippen molar-refractivity contribution in [1.82, 2.24) is 19.5 Å². The number of rotatable bonds is 8. The van der Waals surface area contributed by atoms with Crippen LogP contribution in [0.1, 0.15) is 19.5 Å². The van der Waals surface area contributed by atoms with Crippen molar-refractivity contribution in [2.75, 3.05) is 12.8 Å². The number of nitrogens with one attached hydrogen (secondary N) is 1. The number of imide groups is 1. The lowest BCUT2D eigenvalue weighted by molar-refractivity contribution is -0.161. The molecular formula is C15H19N7O10S2. The number of hydrogen-bond acceptors (Lipinski definition) is 12. The van der Waals surface area contributed by atoms with Gasteiger partial charge in [0.25, 0.3) is 17.7 Å². The highest BCUT2D eigenvalue weighted by atomic mass is 32.2. The van der Waals surface area contributed by atoms with Gasteiger partial charge in [-0.15, -0.1) is 11.3 Å². The quantitative estimate of drug-likeness (QED) is 0.102. The van der Waals surface area contributed by atoms with Gasteiger partial charge in [-0.1, -0.05) is 5.16 Å². The van der Waals surface area contributed by atoms with E-state index in [1.54, 1.807) is 0 Å². The number of carbonyl (C=O) groups is 5. The molecule has 1 aromatic rings. The minimum Gasteiger partial charge on any atom is -0.478 e. The molecule has 1 aliphatic rings. The molecule has 0 aliphatic carbocycles. The summed E-state index contributed by atoms with van der Waals surface area (Å²) >= 11 is 0.880. The Bertz CT molecular complexity index is 1190. The fraction of sp³-hybridized carbons (Fsp3) is 0.400. The third kappa shape index (κ3) is 5.21. The molecule has 0 aromatic carbocycles. The number of aromatic nitrogens is 1. The lowest BCUT2D eigenvalue weighted by atomic mass is 9.97. The molecule has 0 saturated carbocycles. The number of carboxylic acids is 1.